The smallest absolute Gasteiger partial charge is 0.314 e. The van der Waals surface area contributed by atoms with Crippen LogP contribution in [0.3, 0.4) is 0 Å². The normalized spacial score (nSPS) is 30.8. The third-order valence-corrected chi connectivity index (χ3v) is 5.60. The molecule has 1 aromatic rings. The zero-order valence-electron chi connectivity index (χ0n) is 16.4. The SMILES string of the molecule is O=C(Oc1ccc(CCO[C@@H]2O[C@H](CO)[C@@H](O)[C@H](O)[C@H]2O)cc1)C1CCCCC1. The first-order chi connectivity index (χ1) is 14.0. The lowest BCUT2D eigenvalue weighted by molar-refractivity contribution is -0.300. The number of carbonyl (C=O) groups excluding carboxylic acids is 1. The van der Waals surface area contributed by atoms with Crippen molar-refractivity contribution in [1.29, 1.82) is 0 Å². The Morgan fingerprint density at radius 2 is 1.69 bits per heavy atom. The lowest BCUT2D eigenvalue weighted by atomic mass is 9.89. The number of carbonyl (C=O) groups is 1. The Hall–Kier alpha value is -1.55. The molecule has 0 unspecified atom stereocenters. The fourth-order valence-corrected chi connectivity index (χ4v) is 3.76. The summed E-state index contributed by atoms with van der Waals surface area (Å²) in [7, 11) is 0. The minimum absolute atomic E-state index is 0.00429. The Labute approximate surface area is 170 Å². The number of aliphatic hydroxyl groups is 4. The number of rotatable bonds is 7. The topological polar surface area (TPSA) is 126 Å². The summed E-state index contributed by atoms with van der Waals surface area (Å²) in [5.41, 5.74) is 0.937. The molecule has 0 radical (unpaired) electrons. The molecule has 0 spiro atoms. The van der Waals surface area contributed by atoms with E-state index in [1.165, 1.54) is 6.42 Å². The monoisotopic (exact) mass is 410 g/mol. The van der Waals surface area contributed by atoms with Crippen LogP contribution in [-0.2, 0) is 20.7 Å². The first-order valence-electron chi connectivity index (χ1n) is 10.2. The number of benzene rings is 1. The van der Waals surface area contributed by atoms with Gasteiger partial charge in [-0.1, -0.05) is 31.4 Å². The summed E-state index contributed by atoms with van der Waals surface area (Å²) in [6.07, 6.45) is -0.760. The molecule has 1 saturated heterocycles. The van der Waals surface area contributed by atoms with Crippen LogP contribution in [0.25, 0.3) is 0 Å². The maximum Gasteiger partial charge on any atom is 0.314 e. The molecule has 0 bridgehead atoms. The van der Waals surface area contributed by atoms with Crippen LogP contribution in [0.4, 0.5) is 0 Å². The van der Waals surface area contributed by atoms with Crippen molar-refractivity contribution in [2.75, 3.05) is 13.2 Å². The molecule has 0 aromatic heterocycles. The highest BCUT2D eigenvalue weighted by Gasteiger charge is 2.43. The van der Waals surface area contributed by atoms with Crippen molar-refractivity contribution in [1.82, 2.24) is 0 Å². The van der Waals surface area contributed by atoms with Gasteiger partial charge in [0.15, 0.2) is 6.29 Å². The van der Waals surface area contributed by atoms with Gasteiger partial charge in [-0.15, -0.1) is 0 Å². The molecule has 5 atom stereocenters. The molecule has 1 aliphatic carbocycles. The average molecular weight is 410 g/mol. The van der Waals surface area contributed by atoms with Gasteiger partial charge in [-0.05, 0) is 37.0 Å². The van der Waals surface area contributed by atoms with E-state index in [4.69, 9.17) is 14.2 Å². The highest BCUT2D eigenvalue weighted by molar-refractivity contribution is 5.75. The lowest BCUT2D eigenvalue weighted by Gasteiger charge is -2.39. The van der Waals surface area contributed by atoms with Crippen molar-refractivity contribution in [2.45, 2.75) is 69.2 Å². The predicted octanol–water partition coefficient (Wildman–Crippen LogP) is 0.531. The molecule has 4 N–H and O–H groups in total. The van der Waals surface area contributed by atoms with Gasteiger partial charge in [0.1, 0.15) is 30.2 Å². The molecule has 3 rings (SSSR count). The molecular formula is C21H30O8. The van der Waals surface area contributed by atoms with Crippen LogP contribution in [0.1, 0.15) is 37.7 Å². The van der Waals surface area contributed by atoms with Crippen molar-refractivity contribution in [3.8, 4) is 5.75 Å². The quantitative estimate of drug-likeness (QED) is 0.379. The number of esters is 1. The number of ether oxygens (including phenoxy) is 3. The van der Waals surface area contributed by atoms with Gasteiger partial charge in [-0.2, -0.15) is 0 Å². The second kappa shape index (κ2) is 10.5. The van der Waals surface area contributed by atoms with Gasteiger partial charge in [-0.25, -0.2) is 0 Å². The highest BCUT2D eigenvalue weighted by Crippen LogP contribution is 2.26. The largest absolute Gasteiger partial charge is 0.426 e. The lowest BCUT2D eigenvalue weighted by Crippen LogP contribution is -2.59. The fourth-order valence-electron chi connectivity index (χ4n) is 3.76. The minimum Gasteiger partial charge on any atom is -0.426 e. The molecule has 1 saturated carbocycles. The first-order valence-corrected chi connectivity index (χ1v) is 10.2. The van der Waals surface area contributed by atoms with E-state index in [-0.39, 0.29) is 18.5 Å². The van der Waals surface area contributed by atoms with Gasteiger partial charge >= 0.3 is 5.97 Å². The average Bonchev–Trinajstić information content (AvgIpc) is 2.75. The molecule has 0 amide bonds. The predicted molar refractivity (Wildman–Crippen MR) is 102 cm³/mol. The molecule has 1 aliphatic heterocycles. The Bertz CT molecular complexity index is 641. The molecular weight excluding hydrogens is 380 g/mol. The van der Waals surface area contributed by atoms with Gasteiger partial charge in [0.25, 0.3) is 0 Å². The van der Waals surface area contributed by atoms with E-state index in [1.807, 2.05) is 12.1 Å². The number of hydrogen-bond donors (Lipinski definition) is 4. The molecule has 1 aromatic carbocycles. The second-order valence-electron chi connectivity index (χ2n) is 7.72. The van der Waals surface area contributed by atoms with Crippen molar-refractivity contribution in [2.24, 2.45) is 5.92 Å². The van der Waals surface area contributed by atoms with Gasteiger partial charge in [-0.3, -0.25) is 4.79 Å². The summed E-state index contributed by atoms with van der Waals surface area (Å²) in [5, 5.41) is 38.7. The molecule has 8 nitrogen and oxygen atoms in total. The molecule has 29 heavy (non-hydrogen) atoms. The first kappa shape index (κ1) is 22.1. The van der Waals surface area contributed by atoms with Crippen LogP contribution in [0.2, 0.25) is 0 Å². The van der Waals surface area contributed by atoms with E-state index in [9.17, 15) is 25.2 Å². The second-order valence-corrected chi connectivity index (χ2v) is 7.72. The molecule has 8 heteroatoms. The molecule has 2 aliphatic rings. The van der Waals surface area contributed by atoms with Gasteiger partial charge in [0.05, 0.1) is 19.1 Å². The molecule has 2 fully saturated rings. The van der Waals surface area contributed by atoms with Crippen LogP contribution in [-0.4, -0.2) is 70.3 Å². The third kappa shape index (κ3) is 5.75. The summed E-state index contributed by atoms with van der Waals surface area (Å²) in [4.78, 5) is 12.2. The highest BCUT2D eigenvalue weighted by atomic mass is 16.7. The Balaban J connectivity index is 1.44. The van der Waals surface area contributed by atoms with E-state index in [1.54, 1.807) is 12.1 Å². The van der Waals surface area contributed by atoms with Crippen LogP contribution in [0.15, 0.2) is 24.3 Å². The Morgan fingerprint density at radius 1 is 1.00 bits per heavy atom. The maximum absolute atomic E-state index is 12.2. The zero-order valence-corrected chi connectivity index (χ0v) is 16.4. The van der Waals surface area contributed by atoms with Crippen molar-refractivity contribution in [3.63, 3.8) is 0 Å². The molecule has 1 heterocycles. The molecule has 162 valence electrons. The van der Waals surface area contributed by atoms with Gasteiger partial charge in [0, 0.05) is 0 Å². The standard InChI is InChI=1S/C21H30O8/c22-12-16-17(23)18(24)19(25)21(29-16)27-11-10-13-6-8-15(9-7-13)28-20(26)14-4-2-1-3-5-14/h6-9,14,16-19,21-25H,1-5,10-12H2/t16-,17-,18+,19-,21-/m1/s1. The van der Waals surface area contributed by atoms with Crippen LogP contribution in [0.5, 0.6) is 5.75 Å². The van der Waals surface area contributed by atoms with Crippen LogP contribution >= 0.6 is 0 Å². The van der Waals surface area contributed by atoms with E-state index < -0.39 is 37.3 Å². The zero-order chi connectivity index (χ0) is 20.8. The van der Waals surface area contributed by atoms with Crippen molar-refractivity contribution < 1.29 is 39.4 Å². The summed E-state index contributed by atoms with van der Waals surface area (Å²) in [5.74, 6) is 0.345. The minimum atomic E-state index is -1.45. The van der Waals surface area contributed by atoms with E-state index in [0.29, 0.717) is 12.2 Å². The van der Waals surface area contributed by atoms with Crippen molar-refractivity contribution >= 4 is 5.97 Å². The summed E-state index contributed by atoms with van der Waals surface area (Å²) >= 11 is 0. The number of aliphatic hydroxyl groups excluding tert-OH is 4. The maximum atomic E-state index is 12.2. The fraction of sp³-hybridized carbons (Fsp3) is 0.667. The van der Waals surface area contributed by atoms with Gasteiger partial charge < -0.3 is 34.6 Å². The van der Waals surface area contributed by atoms with E-state index >= 15 is 0 Å². The van der Waals surface area contributed by atoms with Gasteiger partial charge in [0.2, 0.25) is 0 Å². The summed E-state index contributed by atoms with van der Waals surface area (Å²) < 4.78 is 16.3. The summed E-state index contributed by atoms with van der Waals surface area (Å²) in [6.45, 7) is -0.296. The Kier molecular flexibility index (Phi) is 7.99. The van der Waals surface area contributed by atoms with E-state index in [2.05, 4.69) is 0 Å². The third-order valence-electron chi connectivity index (χ3n) is 5.60. The summed E-state index contributed by atoms with van der Waals surface area (Å²) in [6, 6.07) is 7.15. The van der Waals surface area contributed by atoms with E-state index in [0.717, 1.165) is 31.2 Å². The van der Waals surface area contributed by atoms with Crippen LogP contribution < -0.4 is 4.74 Å². The van der Waals surface area contributed by atoms with Crippen molar-refractivity contribution in [3.05, 3.63) is 29.8 Å². The Morgan fingerprint density at radius 3 is 2.34 bits per heavy atom. The van der Waals surface area contributed by atoms with Crippen LogP contribution in [0, 0.1) is 5.92 Å². The number of hydrogen-bond acceptors (Lipinski definition) is 8.